The van der Waals surface area contributed by atoms with Gasteiger partial charge < -0.3 is 9.47 Å². The topological polar surface area (TPSA) is 61.8 Å². The van der Waals surface area contributed by atoms with E-state index in [2.05, 4.69) is 13.2 Å². The molecule has 0 unspecified atom stereocenters. The summed E-state index contributed by atoms with van der Waals surface area (Å²) in [5.41, 5.74) is 0.398. The SMILES string of the molecule is C=CC(=O)OCCC[N+](C)(C)O[N+](C)(C)CCCOC(=O)C(=C)C. The van der Waals surface area contributed by atoms with Gasteiger partial charge in [0, 0.05) is 24.5 Å². The predicted octanol–water partition coefficient (Wildman–Crippen LogP) is 1.61. The first kappa shape index (κ1) is 22.3. The van der Waals surface area contributed by atoms with E-state index < -0.39 is 5.97 Å². The summed E-state index contributed by atoms with van der Waals surface area (Å²) in [5, 5.41) is 0. The second-order valence-corrected chi connectivity index (χ2v) is 6.67. The van der Waals surface area contributed by atoms with Gasteiger partial charge in [-0.15, -0.1) is 9.29 Å². The van der Waals surface area contributed by atoms with Gasteiger partial charge in [0.15, 0.2) is 0 Å². The molecule has 0 saturated carbocycles. The molecule has 0 rings (SSSR count). The Labute approximate surface area is 145 Å². The molecule has 0 bridgehead atoms. The zero-order valence-electron chi connectivity index (χ0n) is 15.7. The van der Waals surface area contributed by atoms with Gasteiger partial charge in [0.2, 0.25) is 0 Å². The van der Waals surface area contributed by atoms with Crippen molar-refractivity contribution in [2.75, 3.05) is 54.5 Å². The molecule has 0 N–H and O–H groups in total. The van der Waals surface area contributed by atoms with Crippen molar-refractivity contribution in [2.45, 2.75) is 19.8 Å². The monoisotopic (exact) mass is 344 g/mol. The van der Waals surface area contributed by atoms with E-state index in [-0.39, 0.29) is 5.97 Å². The summed E-state index contributed by atoms with van der Waals surface area (Å²) in [7, 11) is 7.77. The predicted molar refractivity (Wildman–Crippen MR) is 91.2 cm³/mol. The van der Waals surface area contributed by atoms with Crippen LogP contribution in [0.1, 0.15) is 19.8 Å². The molecule has 24 heavy (non-hydrogen) atoms. The third kappa shape index (κ3) is 10.9. The highest BCUT2D eigenvalue weighted by Crippen LogP contribution is 2.11. The van der Waals surface area contributed by atoms with E-state index >= 15 is 0 Å². The van der Waals surface area contributed by atoms with Crippen molar-refractivity contribution in [1.82, 2.24) is 0 Å². The number of carbonyl (C=O) groups excluding carboxylic acids is 2. The smallest absolute Gasteiger partial charge is 0.333 e. The highest BCUT2D eigenvalue weighted by molar-refractivity contribution is 5.86. The van der Waals surface area contributed by atoms with Crippen molar-refractivity contribution in [1.29, 1.82) is 0 Å². The summed E-state index contributed by atoms with van der Waals surface area (Å²) in [6.07, 6.45) is 2.52. The van der Waals surface area contributed by atoms with Crippen molar-refractivity contribution in [2.24, 2.45) is 0 Å². The normalized spacial score (nSPS) is 11.7. The number of quaternary nitrogens is 2. The first-order chi connectivity index (χ1) is 11.0. The Morgan fingerprint density at radius 3 is 1.83 bits per heavy atom. The number of hydrogen-bond acceptors (Lipinski definition) is 5. The Kier molecular flexibility index (Phi) is 9.50. The first-order valence-corrected chi connectivity index (χ1v) is 7.98. The van der Waals surface area contributed by atoms with Crippen molar-refractivity contribution in [3.05, 3.63) is 24.8 Å². The van der Waals surface area contributed by atoms with Crippen LogP contribution in [0.3, 0.4) is 0 Å². The molecule has 0 fully saturated rings. The van der Waals surface area contributed by atoms with Gasteiger partial charge in [-0.3, -0.25) is 0 Å². The van der Waals surface area contributed by atoms with Crippen molar-refractivity contribution < 1.29 is 33.3 Å². The van der Waals surface area contributed by atoms with Gasteiger partial charge in [0.25, 0.3) is 0 Å². The lowest BCUT2D eigenvalue weighted by Gasteiger charge is -2.34. The van der Waals surface area contributed by atoms with Crippen molar-refractivity contribution in [3.8, 4) is 0 Å². The molecule has 0 aromatic rings. The van der Waals surface area contributed by atoms with Crippen LogP contribution < -0.4 is 0 Å². The zero-order valence-corrected chi connectivity index (χ0v) is 15.7. The summed E-state index contributed by atoms with van der Waals surface area (Å²) < 4.78 is 10.7. The molecule has 0 radical (unpaired) electrons. The largest absolute Gasteiger partial charge is 0.462 e. The highest BCUT2D eigenvalue weighted by Gasteiger charge is 2.30. The standard InChI is InChI=1S/C17H32N2O5/c1-8-16(20)22-13-9-11-18(4,5)24-19(6,7)12-10-14-23-17(21)15(2)3/h8H,1-2,9-14H2,3-7H3/q+2. The summed E-state index contributed by atoms with van der Waals surface area (Å²) in [4.78, 5) is 28.4. The molecular weight excluding hydrogens is 312 g/mol. The maximum Gasteiger partial charge on any atom is 0.333 e. The van der Waals surface area contributed by atoms with Gasteiger partial charge in [-0.1, -0.05) is 13.2 Å². The fourth-order valence-electron chi connectivity index (χ4n) is 2.09. The van der Waals surface area contributed by atoms with Crippen LogP contribution in [0.15, 0.2) is 24.8 Å². The second kappa shape index (κ2) is 10.2. The highest BCUT2D eigenvalue weighted by atomic mass is 16.9. The van der Waals surface area contributed by atoms with E-state index in [4.69, 9.17) is 14.4 Å². The fraction of sp³-hybridized carbons (Fsp3) is 0.647. The van der Waals surface area contributed by atoms with E-state index in [0.717, 1.165) is 6.08 Å². The zero-order chi connectivity index (χ0) is 18.8. The number of carbonyl (C=O) groups is 2. The lowest BCUT2D eigenvalue weighted by atomic mass is 10.3. The maximum absolute atomic E-state index is 11.3. The molecular formula is C17H32N2O5+2. The molecule has 0 aliphatic rings. The van der Waals surface area contributed by atoms with Crippen LogP contribution in [0.2, 0.25) is 0 Å². The van der Waals surface area contributed by atoms with Gasteiger partial charge in [-0.2, -0.15) is 0 Å². The summed E-state index contributed by atoms with van der Waals surface area (Å²) >= 11 is 0. The lowest BCUT2D eigenvalue weighted by molar-refractivity contribution is -1.32. The first-order valence-electron chi connectivity index (χ1n) is 7.98. The molecule has 7 nitrogen and oxygen atoms in total. The number of hydroxylamine groups is 6. The quantitative estimate of drug-likeness (QED) is 0.177. The Bertz CT molecular complexity index is 458. The fourth-order valence-corrected chi connectivity index (χ4v) is 2.09. The second-order valence-electron chi connectivity index (χ2n) is 6.67. The number of hydrogen-bond donors (Lipinski definition) is 0. The summed E-state index contributed by atoms with van der Waals surface area (Å²) in [5.74, 6) is -0.784. The summed E-state index contributed by atoms with van der Waals surface area (Å²) in [6.45, 7) is 10.6. The molecule has 0 aromatic carbocycles. The molecule has 0 amide bonds. The number of rotatable bonds is 12. The van der Waals surface area contributed by atoms with E-state index in [0.29, 0.717) is 54.0 Å². The molecule has 0 aliphatic heterocycles. The van der Waals surface area contributed by atoms with Crippen LogP contribution in [-0.4, -0.2) is 75.7 Å². The Morgan fingerprint density at radius 1 is 0.958 bits per heavy atom. The Morgan fingerprint density at radius 2 is 1.42 bits per heavy atom. The van der Waals surface area contributed by atoms with Crippen LogP contribution in [0, 0.1) is 0 Å². The van der Waals surface area contributed by atoms with E-state index in [1.165, 1.54) is 0 Å². The van der Waals surface area contributed by atoms with Crippen LogP contribution in [0.25, 0.3) is 0 Å². The lowest BCUT2D eigenvalue weighted by Crippen LogP contribution is -2.54. The number of esters is 2. The van der Waals surface area contributed by atoms with Gasteiger partial charge in [-0.25, -0.2) is 9.59 Å². The average molecular weight is 344 g/mol. The van der Waals surface area contributed by atoms with Crippen molar-refractivity contribution in [3.63, 3.8) is 0 Å². The molecule has 0 saturated heterocycles. The number of ether oxygens (including phenoxy) is 2. The van der Waals surface area contributed by atoms with Gasteiger partial charge in [0.1, 0.15) is 41.3 Å². The van der Waals surface area contributed by atoms with Crippen LogP contribution in [-0.2, 0) is 24.0 Å². The molecule has 138 valence electrons. The average Bonchev–Trinajstić information content (AvgIpc) is 2.46. The van der Waals surface area contributed by atoms with Gasteiger partial charge in [-0.05, 0) is 11.9 Å². The third-order valence-corrected chi connectivity index (χ3v) is 3.12. The molecule has 7 heteroatoms. The van der Waals surface area contributed by atoms with Gasteiger partial charge in [0.05, 0.1) is 13.2 Å². The maximum atomic E-state index is 11.3. The minimum absolute atomic E-state index is 0.323. The van der Waals surface area contributed by atoms with Crippen LogP contribution >= 0.6 is 0 Å². The molecule has 0 spiro atoms. The van der Waals surface area contributed by atoms with Crippen LogP contribution in [0.5, 0.6) is 0 Å². The molecule has 0 heterocycles. The van der Waals surface area contributed by atoms with E-state index in [1.54, 1.807) is 6.92 Å². The minimum atomic E-state index is -0.415. The van der Waals surface area contributed by atoms with Gasteiger partial charge >= 0.3 is 11.9 Å². The Balaban J connectivity index is 4.11. The molecule has 0 aliphatic carbocycles. The minimum Gasteiger partial charge on any atom is -0.462 e. The number of nitrogens with zero attached hydrogens (tertiary/aromatic N) is 2. The van der Waals surface area contributed by atoms with Crippen LogP contribution in [0.4, 0.5) is 0 Å². The summed E-state index contributed by atoms with van der Waals surface area (Å²) in [6, 6.07) is 0. The van der Waals surface area contributed by atoms with E-state index in [9.17, 15) is 9.59 Å². The van der Waals surface area contributed by atoms with E-state index in [1.807, 2.05) is 28.2 Å². The third-order valence-electron chi connectivity index (χ3n) is 3.12. The molecule has 0 atom stereocenters. The van der Waals surface area contributed by atoms with Crippen molar-refractivity contribution >= 4 is 11.9 Å². The Hall–Kier alpha value is -1.70. The molecule has 0 aromatic heterocycles.